The molecule has 1 atom stereocenters. The summed E-state index contributed by atoms with van der Waals surface area (Å²) in [6, 6.07) is 2.23. The van der Waals surface area contributed by atoms with E-state index in [2.05, 4.69) is 31.6 Å². The van der Waals surface area contributed by atoms with Crippen LogP contribution in [0.2, 0.25) is 0 Å². The van der Waals surface area contributed by atoms with Crippen molar-refractivity contribution in [2.75, 3.05) is 20.6 Å². The molecule has 6 heteroatoms. The molecule has 0 bridgehead atoms. The van der Waals surface area contributed by atoms with E-state index in [1.165, 1.54) is 18.0 Å². The van der Waals surface area contributed by atoms with Crippen LogP contribution in [0.5, 0.6) is 0 Å². The van der Waals surface area contributed by atoms with Crippen molar-refractivity contribution in [3.8, 4) is 0 Å². The molecule has 0 aliphatic carbocycles. The molecule has 2 heterocycles. The normalized spacial score (nSPS) is 12.4. The third kappa shape index (κ3) is 3.59. The molecule has 0 saturated heterocycles. The van der Waals surface area contributed by atoms with Crippen LogP contribution in [0.25, 0.3) is 0 Å². The highest BCUT2D eigenvalue weighted by molar-refractivity contribution is 7.07. The summed E-state index contributed by atoms with van der Waals surface area (Å²) in [5.41, 5.74) is 1.54. The minimum atomic E-state index is -0.199. The second-order valence-electron chi connectivity index (χ2n) is 4.34. The van der Waals surface area contributed by atoms with Gasteiger partial charge in [0.05, 0.1) is 12.2 Å². The number of rotatable bonds is 5. The monoisotopic (exact) mass is 276 g/mol. The highest BCUT2D eigenvalue weighted by Gasteiger charge is 2.16. The van der Waals surface area contributed by atoms with Crippen LogP contribution < -0.4 is 5.32 Å². The fraction of sp³-hybridized carbons (Fsp3) is 0.308. The third-order valence-electron chi connectivity index (χ3n) is 2.80. The van der Waals surface area contributed by atoms with Crippen LogP contribution in [-0.4, -0.2) is 41.4 Å². The molecule has 100 valence electrons. The van der Waals surface area contributed by atoms with Crippen molar-refractivity contribution in [2.24, 2.45) is 0 Å². The zero-order valence-corrected chi connectivity index (χ0v) is 11.7. The van der Waals surface area contributed by atoms with Crippen molar-refractivity contribution in [1.29, 1.82) is 0 Å². The Balaban J connectivity index is 1.98. The Morgan fingerprint density at radius 1 is 1.47 bits per heavy atom. The van der Waals surface area contributed by atoms with Gasteiger partial charge in [-0.15, -0.1) is 0 Å². The van der Waals surface area contributed by atoms with Crippen LogP contribution in [0, 0.1) is 0 Å². The minimum Gasteiger partial charge on any atom is -0.349 e. The largest absolute Gasteiger partial charge is 0.349 e. The van der Waals surface area contributed by atoms with Gasteiger partial charge in [-0.2, -0.15) is 11.3 Å². The average molecular weight is 276 g/mol. The predicted molar refractivity (Wildman–Crippen MR) is 75.1 cm³/mol. The maximum Gasteiger partial charge on any atom is 0.271 e. The molecule has 19 heavy (non-hydrogen) atoms. The zero-order valence-electron chi connectivity index (χ0n) is 10.9. The molecule has 1 amide bonds. The first-order valence-corrected chi connectivity index (χ1v) is 6.85. The number of nitrogens with one attached hydrogen (secondary N) is 1. The quantitative estimate of drug-likeness (QED) is 0.900. The van der Waals surface area contributed by atoms with Gasteiger partial charge in [0.1, 0.15) is 5.69 Å². The van der Waals surface area contributed by atoms with Gasteiger partial charge in [-0.3, -0.25) is 9.78 Å². The summed E-state index contributed by atoms with van der Waals surface area (Å²) in [7, 11) is 3.99. The SMILES string of the molecule is CN(C)C(CNC(=O)c1cnccn1)c1ccsc1. The van der Waals surface area contributed by atoms with Gasteiger partial charge in [0.2, 0.25) is 0 Å². The van der Waals surface area contributed by atoms with Crippen LogP contribution in [0.1, 0.15) is 22.1 Å². The van der Waals surface area contributed by atoms with Gasteiger partial charge in [0.25, 0.3) is 5.91 Å². The van der Waals surface area contributed by atoms with Crippen LogP contribution in [0.4, 0.5) is 0 Å². The first-order valence-electron chi connectivity index (χ1n) is 5.91. The fourth-order valence-corrected chi connectivity index (χ4v) is 2.47. The molecule has 2 aromatic heterocycles. The summed E-state index contributed by atoms with van der Waals surface area (Å²) in [6.07, 6.45) is 4.52. The van der Waals surface area contributed by atoms with Gasteiger partial charge in [0.15, 0.2) is 0 Å². The molecule has 0 aliphatic heterocycles. The van der Waals surface area contributed by atoms with Crippen LogP contribution in [-0.2, 0) is 0 Å². The smallest absolute Gasteiger partial charge is 0.271 e. The van der Waals surface area contributed by atoms with E-state index in [-0.39, 0.29) is 11.9 Å². The number of likely N-dealkylation sites (N-methyl/N-ethyl adjacent to an activating group) is 1. The van der Waals surface area contributed by atoms with Crippen molar-refractivity contribution >= 4 is 17.2 Å². The molecule has 2 aromatic rings. The lowest BCUT2D eigenvalue weighted by molar-refractivity contribution is 0.0936. The first-order chi connectivity index (χ1) is 9.18. The molecule has 0 radical (unpaired) electrons. The molecule has 1 unspecified atom stereocenters. The van der Waals surface area contributed by atoms with Crippen molar-refractivity contribution in [3.05, 3.63) is 46.7 Å². The molecule has 0 spiro atoms. The van der Waals surface area contributed by atoms with Crippen LogP contribution >= 0.6 is 11.3 Å². The topological polar surface area (TPSA) is 58.1 Å². The summed E-state index contributed by atoms with van der Waals surface area (Å²) < 4.78 is 0. The average Bonchev–Trinajstić information content (AvgIpc) is 2.93. The van der Waals surface area contributed by atoms with Gasteiger partial charge < -0.3 is 10.2 Å². The maximum absolute atomic E-state index is 11.9. The number of amides is 1. The first kappa shape index (κ1) is 13.6. The van der Waals surface area contributed by atoms with E-state index >= 15 is 0 Å². The molecule has 0 saturated carbocycles. The Kier molecular flexibility index (Phi) is 4.59. The highest BCUT2D eigenvalue weighted by Crippen LogP contribution is 2.19. The molecule has 0 fully saturated rings. The van der Waals surface area contributed by atoms with E-state index in [4.69, 9.17) is 0 Å². The van der Waals surface area contributed by atoms with Crippen LogP contribution in [0.3, 0.4) is 0 Å². The fourth-order valence-electron chi connectivity index (χ4n) is 1.76. The third-order valence-corrected chi connectivity index (χ3v) is 3.50. The Morgan fingerprint density at radius 2 is 2.32 bits per heavy atom. The van der Waals surface area contributed by atoms with E-state index in [1.54, 1.807) is 17.5 Å². The lowest BCUT2D eigenvalue weighted by Gasteiger charge is -2.23. The zero-order chi connectivity index (χ0) is 13.7. The van der Waals surface area contributed by atoms with E-state index in [1.807, 2.05) is 19.5 Å². The van der Waals surface area contributed by atoms with Crippen molar-refractivity contribution < 1.29 is 4.79 Å². The summed E-state index contributed by atoms with van der Waals surface area (Å²) in [5, 5.41) is 7.02. The molecule has 1 N–H and O–H groups in total. The van der Waals surface area contributed by atoms with E-state index < -0.39 is 0 Å². The molecular formula is C13H16N4OS. The van der Waals surface area contributed by atoms with Gasteiger partial charge in [-0.25, -0.2) is 4.98 Å². The lowest BCUT2D eigenvalue weighted by atomic mass is 10.1. The van der Waals surface area contributed by atoms with Gasteiger partial charge in [-0.1, -0.05) is 0 Å². The standard InChI is InChI=1S/C13H16N4OS/c1-17(2)12(10-3-6-19-9-10)8-16-13(18)11-7-14-4-5-15-11/h3-7,9,12H,8H2,1-2H3,(H,16,18). The summed E-state index contributed by atoms with van der Waals surface area (Å²) in [6.45, 7) is 0.541. The molecule has 2 rings (SSSR count). The Bertz CT molecular complexity index is 513. The Hall–Kier alpha value is -1.79. The lowest BCUT2D eigenvalue weighted by Crippen LogP contribution is -2.34. The van der Waals surface area contributed by atoms with E-state index in [0.717, 1.165) is 0 Å². The van der Waals surface area contributed by atoms with Gasteiger partial charge in [0, 0.05) is 18.9 Å². The maximum atomic E-state index is 11.9. The number of nitrogens with zero attached hydrogens (tertiary/aromatic N) is 3. The summed E-state index contributed by atoms with van der Waals surface area (Å²) >= 11 is 1.65. The summed E-state index contributed by atoms with van der Waals surface area (Å²) in [4.78, 5) is 21.9. The van der Waals surface area contributed by atoms with E-state index in [9.17, 15) is 4.79 Å². The minimum absolute atomic E-state index is 0.159. The predicted octanol–water partition coefficient (Wildman–Crippen LogP) is 1.57. The number of aromatic nitrogens is 2. The van der Waals surface area contributed by atoms with E-state index in [0.29, 0.717) is 12.2 Å². The van der Waals surface area contributed by atoms with Crippen LogP contribution in [0.15, 0.2) is 35.4 Å². The van der Waals surface area contributed by atoms with Crippen molar-refractivity contribution in [1.82, 2.24) is 20.2 Å². The second kappa shape index (κ2) is 6.40. The molecular weight excluding hydrogens is 260 g/mol. The summed E-state index contributed by atoms with van der Waals surface area (Å²) in [5.74, 6) is -0.199. The second-order valence-corrected chi connectivity index (χ2v) is 5.12. The molecule has 0 aliphatic rings. The number of hydrogen-bond donors (Lipinski definition) is 1. The number of thiophene rings is 1. The van der Waals surface area contributed by atoms with Gasteiger partial charge in [-0.05, 0) is 36.5 Å². The number of carbonyl (C=O) groups is 1. The van der Waals surface area contributed by atoms with Crippen molar-refractivity contribution in [3.63, 3.8) is 0 Å². The number of hydrogen-bond acceptors (Lipinski definition) is 5. The van der Waals surface area contributed by atoms with Crippen molar-refractivity contribution in [2.45, 2.75) is 6.04 Å². The number of carbonyl (C=O) groups excluding carboxylic acids is 1. The Morgan fingerprint density at radius 3 is 2.89 bits per heavy atom. The molecule has 5 nitrogen and oxygen atoms in total. The highest BCUT2D eigenvalue weighted by atomic mass is 32.1. The van der Waals surface area contributed by atoms with Gasteiger partial charge >= 0.3 is 0 Å². The Labute approximate surface area is 116 Å². The molecule has 0 aromatic carbocycles.